The first-order valence-electron chi connectivity index (χ1n) is 9.03. The van der Waals surface area contributed by atoms with Gasteiger partial charge in [-0.2, -0.15) is 0 Å². The molecule has 0 aliphatic carbocycles. The molecule has 0 bridgehead atoms. The Morgan fingerprint density at radius 2 is 1.86 bits per heavy atom. The van der Waals surface area contributed by atoms with Crippen LogP contribution in [0.1, 0.15) is 17.5 Å². The van der Waals surface area contributed by atoms with E-state index in [0.29, 0.717) is 29.2 Å². The quantitative estimate of drug-likeness (QED) is 0.667. The van der Waals surface area contributed by atoms with Gasteiger partial charge in [0.25, 0.3) is 10.0 Å². The largest absolute Gasteiger partial charge is 0.326 e. The van der Waals surface area contributed by atoms with Crippen molar-refractivity contribution in [3.05, 3.63) is 83.1 Å². The Hall–Kier alpha value is -2.90. The first kappa shape index (κ1) is 19.4. The Labute approximate surface area is 174 Å². The van der Waals surface area contributed by atoms with Crippen LogP contribution in [-0.4, -0.2) is 19.3 Å². The summed E-state index contributed by atoms with van der Waals surface area (Å²) in [4.78, 5) is 15.8. The van der Waals surface area contributed by atoms with E-state index in [9.17, 15) is 13.2 Å². The summed E-state index contributed by atoms with van der Waals surface area (Å²) in [6, 6.07) is 15.1. The summed E-state index contributed by atoms with van der Waals surface area (Å²) >= 11 is 5.99. The fourth-order valence-electron chi connectivity index (χ4n) is 3.23. The molecule has 0 fully saturated rings. The van der Waals surface area contributed by atoms with Crippen molar-refractivity contribution in [2.24, 2.45) is 0 Å². The first-order valence-corrected chi connectivity index (χ1v) is 10.9. The van der Waals surface area contributed by atoms with Gasteiger partial charge in [0, 0.05) is 29.5 Å². The number of halogens is 1. The molecule has 4 rings (SSSR count). The SMILES string of the molecule is O=C1CCc2cc(S(=O)(=O)N(Cc3cccnc3)c3ccc(Cl)cc3)ccc2N1. The highest BCUT2D eigenvalue weighted by Crippen LogP contribution is 2.30. The lowest BCUT2D eigenvalue weighted by molar-refractivity contribution is -0.116. The fourth-order valence-corrected chi connectivity index (χ4v) is 4.86. The standard InChI is InChI=1S/C21H18ClN3O3S/c22-17-4-6-18(7-5-17)25(14-15-2-1-11-23-13-15)29(27,28)19-8-9-20-16(12-19)3-10-21(26)24-20/h1-2,4-9,11-13H,3,10,14H2,(H,24,26). The van der Waals surface area contributed by atoms with Gasteiger partial charge in [0.2, 0.25) is 5.91 Å². The van der Waals surface area contributed by atoms with E-state index in [2.05, 4.69) is 10.3 Å². The smallest absolute Gasteiger partial charge is 0.264 e. The molecule has 148 valence electrons. The monoisotopic (exact) mass is 427 g/mol. The number of carbonyl (C=O) groups excluding carboxylic acids is 1. The third-order valence-electron chi connectivity index (χ3n) is 4.72. The molecule has 0 saturated carbocycles. The number of benzene rings is 2. The second-order valence-corrected chi connectivity index (χ2v) is 9.02. The highest BCUT2D eigenvalue weighted by atomic mass is 35.5. The lowest BCUT2D eigenvalue weighted by atomic mass is 10.0. The first-order chi connectivity index (χ1) is 13.9. The van der Waals surface area contributed by atoms with E-state index >= 15 is 0 Å². The average Bonchev–Trinajstić information content (AvgIpc) is 2.73. The lowest BCUT2D eigenvalue weighted by Crippen LogP contribution is -2.31. The predicted molar refractivity (Wildman–Crippen MR) is 112 cm³/mol. The molecule has 0 saturated heterocycles. The molecule has 3 aromatic rings. The Morgan fingerprint density at radius 1 is 1.07 bits per heavy atom. The number of carbonyl (C=O) groups is 1. The van der Waals surface area contributed by atoms with Crippen LogP contribution in [0.15, 0.2) is 71.9 Å². The number of hydrogen-bond acceptors (Lipinski definition) is 4. The third-order valence-corrected chi connectivity index (χ3v) is 6.75. The molecule has 1 amide bonds. The van der Waals surface area contributed by atoms with E-state index in [-0.39, 0.29) is 17.3 Å². The van der Waals surface area contributed by atoms with E-state index < -0.39 is 10.0 Å². The molecule has 0 atom stereocenters. The highest BCUT2D eigenvalue weighted by Gasteiger charge is 2.27. The Balaban J connectivity index is 1.76. The zero-order valence-corrected chi connectivity index (χ0v) is 16.9. The number of aromatic nitrogens is 1. The van der Waals surface area contributed by atoms with E-state index in [1.165, 1.54) is 10.4 Å². The number of amides is 1. The van der Waals surface area contributed by atoms with Gasteiger partial charge in [0.15, 0.2) is 0 Å². The molecule has 2 heterocycles. The molecule has 0 unspecified atom stereocenters. The Bertz CT molecular complexity index is 1150. The van der Waals surface area contributed by atoms with Gasteiger partial charge in [0.1, 0.15) is 0 Å². The second kappa shape index (κ2) is 7.85. The summed E-state index contributed by atoms with van der Waals surface area (Å²) in [5, 5.41) is 3.30. The molecule has 1 aliphatic heterocycles. The van der Waals surface area contributed by atoms with Gasteiger partial charge in [-0.1, -0.05) is 17.7 Å². The number of rotatable bonds is 5. The molecular weight excluding hydrogens is 410 g/mol. The maximum atomic E-state index is 13.6. The molecule has 8 heteroatoms. The van der Waals surface area contributed by atoms with Crippen LogP contribution in [0.5, 0.6) is 0 Å². The number of anilines is 2. The number of nitrogens with zero attached hydrogens (tertiary/aromatic N) is 2. The third kappa shape index (κ3) is 4.11. The van der Waals surface area contributed by atoms with Crippen molar-refractivity contribution in [2.45, 2.75) is 24.3 Å². The van der Waals surface area contributed by atoms with E-state index in [1.54, 1.807) is 54.9 Å². The topological polar surface area (TPSA) is 79.4 Å². The van der Waals surface area contributed by atoms with E-state index in [0.717, 1.165) is 11.1 Å². The highest BCUT2D eigenvalue weighted by molar-refractivity contribution is 7.92. The van der Waals surface area contributed by atoms with Gasteiger partial charge in [-0.3, -0.25) is 14.1 Å². The van der Waals surface area contributed by atoms with Crippen LogP contribution in [-0.2, 0) is 27.8 Å². The zero-order valence-electron chi connectivity index (χ0n) is 15.4. The number of pyridine rings is 1. The van der Waals surface area contributed by atoms with Crippen LogP contribution in [0.4, 0.5) is 11.4 Å². The van der Waals surface area contributed by atoms with Crippen molar-refractivity contribution in [1.29, 1.82) is 0 Å². The van der Waals surface area contributed by atoms with Crippen LogP contribution in [0.25, 0.3) is 0 Å². The van der Waals surface area contributed by atoms with Crippen LogP contribution in [0.2, 0.25) is 5.02 Å². The minimum atomic E-state index is -3.86. The van der Waals surface area contributed by atoms with Crippen LogP contribution in [0.3, 0.4) is 0 Å². The van der Waals surface area contributed by atoms with Crippen LogP contribution < -0.4 is 9.62 Å². The summed E-state index contributed by atoms with van der Waals surface area (Å²) in [5.41, 5.74) is 2.73. The number of fused-ring (bicyclic) bond motifs is 1. The van der Waals surface area contributed by atoms with Crippen LogP contribution >= 0.6 is 11.6 Å². The summed E-state index contributed by atoms with van der Waals surface area (Å²) in [6.07, 6.45) is 4.13. The second-order valence-electron chi connectivity index (χ2n) is 6.72. The van der Waals surface area contributed by atoms with Crippen LogP contribution in [0, 0.1) is 0 Å². The predicted octanol–water partition coefficient (Wildman–Crippen LogP) is 4.02. The van der Waals surface area contributed by atoms with E-state index in [1.807, 2.05) is 6.07 Å². The maximum Gasteiger partial charge on any atom is 0.264 e. The summed E-state index contributed by atoms with van der Waals surface area (Å²) in [5.74, 6) is -0.0625. The van der Waals surface area contributed by atoms with Crippen molar-refractivity contribution in [3.63, 3.8) is 0 Å². The maximum absolute atomic E-state index is 13.6. The van der Waals surface area contributed by atoms with Crippen molar-refractivity contribution >= 4 is 38.9 Å². The van der Waals surface area contributed by atoms with E-state index in [4.69, 9.17) is 11.6 Å². The number of hydrogen-bond donors (Lipinski definition) is 1. The average molecular weight is 428 g/mol. The van der Waals surface area contributed by atoms with Gasteiger partial charge in [-0.15, -0.1) is 0 Å². The number of nitrogens with one attached hydrogen (secondary N) is 1. The van der Waals surface area contributed by atoms with Gasteiger partial charge in [-0.25, -0.2) is 8.42 Å². The molecule has 29 heavy (non-hydrogen) atoms. The van der Waals surface area contributed by atoms with Gasteiger partial charge >= 0.3 is 0 Å². The molecule has 0 radical (unpaired) electrons. The van der Waals surface area contributed by atoms with Gasteiger partial charge in [0.05, 0.1) is 17.1 Å². The molecule has 2 aromatic carbocycles. The summed E-state index contributed by atoms with van der Waals surface area (Å²) in [7, 11) is -3.86. The van der Waals surface area contributed by atoms with Gasteiger partial charge in [-0.05, 0) is 66.1 Å². The van der Waals surface area contributed by atoms with Gasteiger partial charge < -0.3 is 5.32 Å². The number of sulfonamides is 1. The molecule has 1 aromatic heterocycles. The summed E-state index contributed by atoms with van der Waals surface area (Å²) in [6.45, 7) is 0.131. The Morgan fingerprint density at radius 3 is 2.59 bits per heavy atom. The zero-order chi connectivity index (χ0) is 20.4. The molecular formula is C21H18ClN3O3S. The molecule has 6 nitrogen and oxygen atoms in total. The van der Waals surface area contributed by atoms with Crippen molar-refractivity contribution in [3.8, 4) is 0 Å². The van der Waals surface area contributed by atoms with Crippen molar-refractivity contribution in [2.75, 3.05) is 9.62 Å². The molecule has 0 spiro atoms. The van der Waals surface area contributed by atoms with Crippen molar-refractivity contribution in [1.82, 2.24) is 4.98 Å². The molecule has 1 aliphatic rings. The summed E-state index contributed by atoms with van der Waals surface area (Å²) < 4.78 is 28.5. The van der Waals surface area contributed by atoms with Crippen molar-refractivity contribution < 1.29 is 13.2 Å². The number of aryl methyl sites for hydroxylation is 1. The minimum Gasteiger partial charge on any atom is -0.326 e. The Kier molecular flexibility index (Phi) is 5.25. The lowest BCUT2D eigenvalue weighted by Gasteiger charge is -2.26. The minimum absolute atomic E-state index is 0.0625. The molecule has 1 N–H and O–H groups in total. The fraction of sp³-hybridized carbons (Fsp3) is 0.143. The normalized spacial score (nSPS) is 13.5.